The number of nitrogens with zero attached hydrogens (tertiary/aromatic N) is 1. The zero-order valence-corrected chi connectivity index (χ0v) is 13.4. The summed E-state index contributed by atoms with van der Waals surface area (Å²) in [5.41, 5.74) is 16.6. The number of aryl methyl sites for hydroxylation is 1. The number of benzene rings is 2. The molecular weight excluding hydrogens is 298 g/mol. The highest BCUT2D eigenvalue weighted by molar-refractivity contribution is 6.08. The number of nitrogen functional groups attached to an aromatic ring is 2. The monoisotopic (exact) mass is 317 g/mol. The second-order valence-electron chi connectivity index (χ2n) is 5.53. The molecule has 0 fully saturated rings. The Morgan fingerprint density at radius 3 is 2.38 bits per heavy atom. The molecule has 0 spiro atoms. The number of amidine groups is 1. The van der Waals surface area contributed by atoms with E-state index in [1.54, 1.807) is 6.20 Å². The molecule has 0 aliphatic rings. The van der Waals surface area contributed by atoms with E-state index in [2.05, 4.69) is 10.3 Å². The third-order valence-electron chi connectivity index (χ3n) is 3.87. The van der Waals surface area contributed by atoms with Gasteiger partial charge in [-0.2, -0.15) is 0 Å². The fourth-order valence-corrected chi connectivity index (χ4v) is 2.59. The normalized spacial score (nSPS) is 10.4. The van der Waals surface area contributed by atoms with Crippen molar-refractivity contribution in [1.29, 1.82) is 5.41 Å². The predicted octanol–water partition coefficient (Wildman–Crippen LogP) is 3.67. The Bertz CT molecular complexity index is 888. The van der Waals surface area contributed by atoms with E-state index >= 15 is 0 Å². The van der Waals surface area contributed by atoms with Gasteiger partial charge in [0.2, 0.25) is 0 Å². The lowest BCUT2D eigenvalue weighted by Gasteiger charge is -2.16. The number of nitrogens with two attached hydrogens (primary N) is 2. The number of rotatable bonds is 4. The molecule has 2 aromatic carbocycles. The molecule has 3 aromatic rings. The highest BCUT2D eigenvalue weighted by Gasteiger charge is 2.16. The molecule has 5 nitrogen and oxygen atoms in total. The molecule has 0 bridgehead atoms. The Morgan fingerprint density at radius 2 is 1.71 bits per heavy atom. The third-order valence-corrected chi connectivity index (χ3v) is 3.87. The van der Waals surface area contributed by atoms with Crippen LogP contribution in [0.1, 0.15) is 11.1 Å². The number of aromatic nitrogens is 1. The van der Waals surface area contributed by atoms with Crippen molar-refractivity contribution >= 4 is 23.0 Å². The molecule has 1 heterocycles. The molecule has 0 saturated heterocycles. The highest BCUT2D eigenvalue weighted by Crippen LogP contribution is 2.32. The van der Waals surface area contributed by atoms with E-state index in [0.717, 1.165) is 22.4 Å². The molecule has 0 aliphatic heterocycles. The molecule has 0 aliphatic carbocycles. The fraction of sp³-hybridized carbons (Fsp3) is 0.0526. The number of nitrogens with one attached hydrogen (secondary N) is 2. The third kappa shape index (κ3) is 2.92. The van der Waals surface area contributed by atoms with Crippen molar-refractivity contribution < 1.29 is 0 Å². The minimum absolute atomic E-state index is 0.0819. The fourth-order valence-electron chi connectivity index (χ4n) is 2.59. The smallest absolute Gasteiger partial charge is 0.154 e. The van der Waals surface area contributed by atoms with Crippen molar-refractivity contribution in [2.45, 2.75) is 6.92 Å². The van der Waals surface area contributed by atoms with E-state index in [1.807, 2.05) is 61.5 Å². The first-order valence-electron chi connectivity index (χ1n) is 7.59. The predicted molar refractivity (Wildman–Crippen MR) is 99.6 cm³/mol. The molecule has 6 N–H and O–H groups in total. The van der Waals surface area contributed by atoms with Crippen molar-refractivity contribution in [1.82, 2.24) is 4.98 Å². The van der Waals surface area contributed by atoms with Gasteiger partial charge in [-0.1, -0.05) is 48.5 Å². The molecule has 3 rings (SSSR count). The van der Waals surface area contributed by atoms with E-state index < -0.39 is 0 Å². The largest absolute Gasteiger partial charge is 0.395 e. The van der Waals surface area contributed by atoms with Gasteiger partial charge in [0, 0.05) is 17.4 Å². The molecule has 120 valence electrons. The summed E-state index contributed by atoms with van der Waals surface area (Å²) in [4.78, 5) is 4.45. The van der Waals surface area contributed by atoms with Crippen LogP contribution in [0.4, 0.5) is 17.2 Å². The van der Waals surface area contributed by atoms with Crippen LogP contribution in [0, 0.1) is 12.3 Å². The highest BCUT2D eigenvalue weighted by atomic mass is 15.0. The number of hydrogen-bond acceptors (Lipinski definition) is 4. The van der Waals surface area contributed by atoms with Crippen LogP contribution < -0.4 is 16.8 Å². The topological polar surface area (TPSA) is 101 Å². The molecule has 5 heteroatoms. The number of anilines is 3. The first kappa shape index (κ1) is 15.6. The van der Waals surface area contributed by atoms with Gasteiger partial charge in [-0.05, 0) is 24.1 Å². The molecule has 0 unspecified atom stereocenters. The van der Waals surface area contributed by atoms with Gasteiger partial charge < -0.3 is 16.8 Å². The molecule has 0 radical (unpaired) electrons. The Labute approximate surface area is 140 Å². The summed E-state index contributed by atoms with van der Waals surface area (Å²) < 4.78 is 0. The number of hydrogen-bond donors (Lipinski definition) is 4. The van der Waals surface area contributed by atoms with Gasteiger partial charge in [-0.3, -0.25) is 5.41 Å². The lowest BCUT2D eigenvalue weighted by molar-refractivity contribution is 1.28. The summed E-state index contributed by atoms with van der Waals surface area (Å²) in [6, 6.07) is 17.5. The average molecular weight is 317 g/mol. The van der Waals surface area contributed by atoms with Crippen molar-refractivity contribution in [2.24, 2.45) is 5.73 Å². The molecular formula is C19H19N5. The molecule has 0 saturated carbocycles. The summed E-state index contributed by atoms with van der Waals surface area (Å²) in [5.74, 6) is 0.413. The minimum atomic E-state index is -0.0819. The van der Waals surface area contributed by atoms with Crippen LogP contribution >= 0.6 is 0 Å². The van der Waals surface area contributed by atoms with Gasteiger partial charge in [-0.15, -0.1) is 0 Å². The Balaban J connectivity index is 2.09. The van der Waals surface area contributed by atoms with Gasteiger partial charge in [0.1, 0.15) is 5.84 Å². The van der Waals surface area contributed by atoms with Gasteiger partial charge in [0.25, 0.3) is 0 Å². The molecule has 0 atom stereocenters. The zero-order chi connectivity index (χ0) is 17.1. The number of pyridine rings is 1. The van der Waals surface area contributed by atoms with Gasteiger partial charge in [-0.25, -0.2) is 4.98 Å². The van der Waals surface area contributed by atoms with Gasteiger partial charge in [0.15, 0.2) is 5.82 Å². The average Bonchev–Trinajstić information content (AvgIpc) is 2.58. The van der Waals surface area contributed by atoms with Crippen LogP contribution in [-0.4, -0.2) is 10.8 Å². The maximum absolute atomic E-state index is 7.93. The zero-order valence-electron chi connectivity index (χ0n) is 13.4. The molecule has 24 heavy (non-hydrogen) atoms. The maximum Gasteiger partial charge on any atom is 0.154 e. The van der Waals surface area contributed by atoms with Crippen molar-refractivity contribution in [2.75, 3.05) is 11.1 Å². The summed E-state index contributed by atoms with van der Waals surface area (Å²) >= 11 is 0. The summed E-state index contributed by atoms with van der Waals surface area (Å²) in [6.45, 7) is 2.00. The molecule has 1 aromatic heterocycles. The first-order valence-corrected chi connectivity index (χ1v) is 7.59. The first-order chi connectivity index (χ1) is 11.6. The van der Waals surface area contributed by atoms with Crippen molar-refractivity contribution in [3.05, 3.63) is 71.9 Å². The maximum atomic E-state index is 7.93. The quantitative estimate of drug-likeness (QED) is 0.435. The van der Waals surface area contributed by atoms with E-state index in [4.69, 9.17) is 16.9 Å². The standard InChI is InChI=1S/C19H19N5/c1-12-7-5-6-10-15(12)24-19-17(20)16(18(21)22)14(11-23-19)13-8-3-2-4-9-13/h2-11H,20H2,1H3,(H3,21,22)(H,23,24). The second-order valence-corrected chi connectivity index (χ2v) is 5.53. The van der Waals surface area contributed by atoms with E-state index in [9.17, 15) is 0 Å². The summed E-state index contributed by atoms with van der Waals surface area (Å²) in [6.07, 6.45) is 1.70. The van der Waals surface area contributed by atoms with E-state index in [0.29, 0.717) is 17.1 Å². The molecule has 0 amide bonds. The van der Waals surface area contributed by atoms with E-state index in [-0.39, 0.29) is 5.84 Å². The van der Waals surface area contributed by atoms with Crippen LogP contribution in [-0.2, 0) is 0 Å². The Hall–Kier alpha value is -3.34. The Morgan fingerprint density at radius 1 is 1.04 bits per heavy atom. The van der Waals surface area contributed by atoms with Crippen LogP contribution in [0.2, 0.25) is 0 Å². The number of para-hydroxylation sites is 1. The minimum Gasteiger partial charge on any atom is -0.395 e. The van der Waals surface area contributed by atoms with Crippen LogP contribution in [0.25, 0.3) is 11.1 Å². The van der Waals surface area contributed by atoms with Crippen LogP contribution in [0.3, 0.4) is 0 Å². The Kier molecular flexibility index (Phi) is 4.16. The summed E-state index contributed by atoms with van der Waals surface area (Å²) in [7, 11) is 0. The SMILES string of the molecule is Cc1ccccc1Nc1ncc(-c2ccccc2)c(C(=N)N)c1N. The van der Waals surface area contributed by atoms with Crippen molar-refractivity contribution in [3.63, 3.8) is 0 Å². The second kappa shape index (κ2) is 6.42. The van der Waals surface area contributed by atoms with Gasteiger partial charge >= 0.3 is 0 Å². The van der Waals surface area contributed by atoms with Gasteiger partial charge in [0.05, 0.1) is 11.3 Å². The van der Waals surface area contributed by atoms with Crippen LogP contribution in [0.5, 0.6) is 0 Å². The van der Waals surface area contributed by atoms with E-state index in [1.165, 1.54) is 0 Å². The lowest BCUT2D eigenvalue weighted by Crippen LogP contribution is -2.17. The summed E-state index contributed by atoms with van der Waals surface area (Å²) in [5, 5.41) is 11.2. The van der Waals surface area contributed by atoms with Crippen LogP contribution in [0.15, 0.2) is 60.8 Å². The lowest BCUT2D eigenvalue weighted by atomic mass is 9.99. The van der Waals surface area contributed by atoms with Crippen molar-refractivity contribution in [3.8, 4) is 11.1 Å².